The molecular weight excluding hydrogens is 544 g/mol. The molecule has 0 unspecified atom stereocenters. The molecule has 9 heteroatoms. The number of aromatic carboxylic acids is 1. The highest BCUT2D eigenvalue weighted by atomic mass is 16.4. The molecular formula is C34H28N4O5. The van der Waals surface area contributed by atoms with Crippen LogP contribution in [0.3, 0.4) is 0 Å². The Morgan fingerprint density at radius 2 is 1.35 bits per heavy atom. The molecule has 214 valence electrons. The van der Waals surface area contributed by atoms with E-state index in [-0.39, 0.29) is 11.3 Å². The smallest absolute Gasteiger partial charge is 0.336 e. The number of carbonyl (C=O) groups is 3. The lowest BCUT2D eigenvalue weighted by Crippen LogP contribution is -2.45. The molecule has 1 aliphatic rings. The minimum absolute atomic E-state index is 0.0360. The van der Waals surface area contributed by atoms with Crippen molar-refractivity contribution in [3.63, 3.8) is 0 Å². The number of aromatic nitrogens is 2. The maximum absolute atomic E-state index is 14.7. The van der Waals surface area contributed by atoms with Gasteiger partial charge in [0.2, 0.25) is 11.8 Å². The van der Waals surface area contributed by atoms with Gasteiger partial charge in [-0.3, -0.25) is 19.1 Å². The number of carboxylic acid groups (broad SMARTS) is 1. The van der Waals surface area contributed by atoms with Crippen LogP contribution in [0, 0.1) is 6.92 Å². The Hall–Kier alpha value is -5.70. The van der Waals surface area contributed by atoms with Gasteiger partial charge >= 0.3 is 5.97 Å². The molecule has 0 atom stereocenters. The van der Waals surface area contributed by atoms with Gasteiger partial charge in [0.05, 0.1) is 22.6 Å². The molecule has 0 aliphatic carbocycles. The lowest BCUT2D eigenvalue weighted by molar-refractivity contribution is -0.123. The summed E-state index contributed by atoms with van der Waals surface area (Å²) in [6, 6.07) is 31.7. The van der Waals surface area contributed by atoms with Gasteiger partial charge in [-0.2, -0.15) is 0 Å². The Balaban J connectivity index is 1.46. The summed E-state index contributed by atoms with van der Waals surface area (Å²) in [5.41, 5.74) is 1.07. The average molecular weight is 573 g/mol. The highest BCUT2D eigenvalue weighted by Crippen LogP contribution is 2.51. The fourth-order valence-corrected chi connectivity index (χ4v) is 6.03. The average Bonchev–Trinajstić information content (AvgIpc) is 3.40. The number of carboxylic acids is 1. The molecule has 2 N–H and O–H groups in total. The van der Waals surface area contributed by atoms with Gasteiger partial charge in [-0.15, -0.1) is 0 Å². The van der Waals surface area contributed by atoms with Crippen LogP contribution in [-0.4, -0.2) is 38.8 Å². The van der Waals surface area contributed by atoms with Crippen molar-refractivity contribution in [2.45, 2.75) is 12.3 Å². The van der Waals surface area contributed by atoms with Gasteiger partial charge < -0.3 is 15.3 Å². The van der Waals surface area contributed by atoms with Crippen LogP contribution in [0.1, 0.15) is 32.7 Å². The number of nitrogens with one attached hydrogen (secondary N) is 1. The zero-order chi connectivity index (χ0) is 30.3. The summed E-state index contributed by atoms with van der Waals surface area (Å²) in [5.74, 6) is -2.24. The summed E-state index contributed by atoms with van der Waals surface area (Å²) in [5, 5.41) is 13.0. The van der Waals surface area contributed by atoms with E-state index in [0.717, 1.165) is 0 Å². The minimum Gasteiger partial charge on any atom is -0.478 e. The second-order valence-electron chi connectivity index (χ2n) is 10.4. The third-order valence-electron chi connectivity index (χ3n) is 8.04. The Labute approximate surface area is 247 Å². The van der Waals surface area contributed by atoms with Crippen molar-refractivity contribution in [2.24, 2.45) is 7.05 Å². The topological polar surface area (TPSA) is 114 Å². The molecule has 2 heterocycles. The number of nitrogens with zero attached hydrogens (tertiary/aromatic N) is 3. The predicted octanol–water partition coefficient (Wildman–Crippen LogP) is 4.50. The Kier molecular flexibility index (Phi) is 6.78. The quantitative estimate of drug-likeness (QED) is 0.298. The molecule has 1 aliphatic heterocycles. The van der Waals surface area contributed by atoms with Gasteiger partial charge in [0.1, 0.15) is 17.6 Å². The molecule has 6 rings (SSSR count). The first-order valence-corrected chi connectivity index (χ1v) is 13.7. The van der Waals surface area contributed by atoms with Crippen LogP contribution in [0.2, 0.25) is 0 Å². The first-order valence-electron chi connectivity index (χ1n) is 13.7. The number of para-hydroxylation sites is 1. The van der Waals surface area contributed by atoms with Crippen molar-refractivity contribution in [1.82, 2.24) is 9.36 Å². The minimum atomic E-state index is -1.52. The van der Waals surface area contributed by atoms with E-state index in [9.17, 15) is 24.3 Å². The molecule has 0 radical (unpaired) electrons. The number of rotatable bonds is 7. The zero-order valence-electron chi connectivity index (χ0n) is 23.5. The Bertz CT molecular complexity index is 1890. The van der Waals surface area contributed by atoms with Gasteiger partial charge in [-0.05, 0) is 42.3 Å². The number of hydrogen-bond acceptors (Lipinski definition) is 4. The molecule has 0 fully saturated rings. The first-order chi connectivity index (χ1) is 20.8. The van der Waals surface area contributed by atoms with Crippen LogP contribution in [0.25, 0.3) is 5.69 Å². The SMILES string of the molecule is Cc1c(NC(=O)CN2C(=O)C(c3ccccc3)(c3ccccc3)c3c(C(=O)O)cccc32)c(=O)n(-c2ccccc2)n1C. The van der Waals surface area contributed by atoms with Crippen molar-refractivity contribution in [2.75, 3.05) is 16.8 Å². The third kappa shape index (κ3) is 4.25. The van der Waals surface area contributed by atoms with Crippen LogP contribution >= 0.6 is 0 Å². The van der Waals surface area contributed by atoms with Gasteiger partial charge in [0.25, 0.3) is 5.56 Å². The van der Waals surface area contributed by atoms with Crippen molar-refractivity contribution in [3.05, 3.63) is 147 Å². The second kappa shape index (κ2) is 10.6. The third-order valence-corrected chi connectivity index (χ3v) is 8.04. The molecule has 0 bridgehead atoms. The molecule has 0 spiro atoms. The molecule has 9 nitrogen and oxygen atoms in total. The van der Waals surface area contributed by atoms with E-state index >= 15 is 0 Å². The van der Waals surface area contributed by atoms with E-state index in [0.29, 0.717) is 33.8 Å². The van der Waals surface area contributed by atoms with Gasteiger partial charge in [0, 0.05) is 12.6 Å². The molecule has 2 amide bonds. The van der Waals surface area contributed by atoms with Crippen molar-refractivity contribution in [1.29, 1.82) is 0 Å². The number of amides is 2. The van der Waals surface area contributed by atoms with Gasteiger partial charge in [0.15, 0.2) is 0 Å². The Morgan fingerprint density at radius 3 is 1.91 bits per heavy atom. The first kappa shape index (κ1) is 27.5. The lowest BCUT2D eigenvalue weighted by Gasteiger charge is -2.31. The monoisotopic (exact) mass is 572 g/mol. The van der Waals surface area contributed by atoms with E-state index in [2.05, 4.69) is 5.32 Å². The van der Waals surface area contributed by atoms with E-state index in [4.69, 9.17) is 0 Å². The van der Waals surface area contributed by atoms with Gasteiger partial charge in [-0.1, -0.05) is 84.9 Å². The van der Waals surface area contributed by atoms with E-state index in [1.54, 1.807) is 91.4 Å². The summed E-state index contributed by atoms with van der Waals surface area (Å²) in [4.78, 5) is 55.6. The Morgan fingerprint density at radius 1 is 0.791 bits per heavy atom. The summed E-state index contributed by atoms with van der Waals surface area (Å²) in [6.07, 6.45) is 0. The van der Waals surface area contributed by atoms with Crippen molar-refractivity contribution >= 4 is 29.2 Å². The molecule has 0 saturated heterocycles. The van der Waals surface area contributed by atoms with Crippen molar-refractivity contribution < 1.29 is 19.5 Å². The molecule has 5 aromatic rings. The van der Waals surface area contributed by atoms with Crippen LogP contribution < -0.4 is 15.8 Å². The van der Waals surface area contributed by atoms with E-state index in [1.165, 1.54) is 15.6 Å². The van der Waals surface area contributed by atoms with Crippen LogP contribution in [0.15, 0.2) is 114 Å². The highest BCUT2D eigenvalue weighted by molar-refractivity contribution is 6.18. The molecule has 43 heavy (non-hydrogen) atoms. The summed E-state index contributed by atoms with van der Waals surface area (Å²) >= 11 is 0. The second-order valence-corrected chi connectivity index (χ2v) is 10.4. The highest BCUT2D eigenvalue weighted by Gasteiger charge is 2.55. The van der Waals surface area contributed by atoms with E-state index in [1.807, 2.05) is 30.3 Å². The lowest BCUT2D eigenvalue weighted by atomic mass is 9.69. The fourth-order valence-electron chi connectivity index (χ4n) is 6.03. The number of fused-ring (bicyclic) bond motifs is 1. The standard InChI is InChI=1S/C34H28N4O5/c1-22-30(31(40)38(36(22)2)25-17-10-5-11-18-25)35-28(39)21-37-27-20-12-19-26(32(41)42)29(27)34(33(37)43,23-13-6-3-7-14-23)24-15-8-4-9-16-24/h3-20H,21H2,1-2H3,(H,35,39)(H,41,42). The molecule has 4 aromatic carbocycles. The maximum atomic E-state index is 14.7. The summed E-state index contributed by atoms with van der Waals surface area (Å²) in [6.45, 7) is 1.29. The van der Waals surface area contributed by atoms with Crippen molar-refractivity contribution in [3.8, 4) is 5.69 Å². The summed E-state index contributed by atoms with van der Waals surface area (Å²) in [7, 11) is 1.72. The number of anilines is 2. The predicted molar refractivity (Wildman–Crippen MR) is 163 cm³/mol. The molecule has 1 aromatic heterocycles. The number of benzene rings is 4. The summed E-state index contributed by atoms with van der Waals surface area (Å²) < 4.78 is 3.11. The number of hydrogen-bond donors (Lipinski definition) is 2. The number of carbonyl (C=O) groups excluding carboxylic acids is 2. The largest absolute Gasteiger partial charge is 0.478 e. The van der Waals surface area contributed by atoms with Crippen LogP contribution in [-0.2, 0) is 22.1 Å². The van der Waals surface area contributed by atoms with E-state index < -0.39 is 35.3 Å². The van der Waals surface area contributed by atoms with Gasteiger partial charge in [-0.25, -0.2) is 9.48 Å². The maximum Gasteiger partial charge on any atom is 0.336 e. The van der Waals surface area contributed by atoms with Crippen LogP contribution in [0.5, 0.6) is 0 Å². The molecule has 0 saturated carbocycles. The fraction of sp³-hybridized carbons (Fsp3) is 0.118. The van der Waals surface area contributed by atoms with Crippen LogP contribution in [0.4, 0.5) is 11.4 Å². The zero-order valence-corrected chi connectivity index (χ0v) is 23.5. The normalized spacial score (nSPS) is 13.5.